The van der Waals surface area contributed by atoms with E-state index >= 15 is 0 Å². The van der Waals surface area contributed by atoms with Gasteiger partial charge in [0, 0.05) is 0 Å². The highest BCUT2D eigenvalue weighted by Gasteiger charge is 2.50. The molecular formula is C32H60O3Si2. The summed E-state index contributed by atoms with van der Waals surface area (Å²) in [4.78, 5) is 0. The smallest absolute Gasteiger partial charge is 0.192 e. The van der Waals surface area contributed by atoms with Gasteiger partial charge in [-0.05, 0) is 112 Å². The molecule has 0 radical (unpaired) electrons. The van der Waals surface area contributed by atoms with E-state index in [1.165, 1.54) is 31.3 Å². The zero-order valence-corrected chi connectivity index (χ0v) is 28.5. The Morgan fingerprint density at radius 1 is 0.892 bits per heavy atom. The largest absolute Gasteiger partial charge is 0.414 e. The van der Waals surface area contributed by atoms with Crippen molar-refractivity contribution in [3.05, 3.63) is 23.3 Å². The van der Waals surface area contributed by atoms with Gasteiger partial charge in [-0.25, -0.2) is 0 Å². The first-order valence-corrected chi connectivity index (χ1v) is 21.0. The lowest BCUT2D eigenvalue weighted by Crippen LogP contribution is -2.48. The van der Waals surface area contributed by atoms with E-state index < -0.39 is 16.6 Å². The van der Waals surface area contributed by atoms with E-state index in [1.54, 1.807) is 5.57 Å². The highest BCUT2D eigenvalue weighted by Crippen LogP contribution is 2.58. The third-order valence-corrected chi connectivity index (χ3v) is 20.3. The van der Waals surface area contributed by atoms with Gasteiger partial charge >= 0.3 is 0 Å². The van der Waals surface area contributed by atoms with Crippen LogP contribution >= 0.6 is 0 Å². The molecule has 37 heavy (non-hydrogen) atoms. The summed E-state index contributed by atoms with van der Waals surface area (Å²) in [5.41, 5.74) is 3.38. The average molecular weight is 549 g/mol. The molecular weight excluding hydrogens is 489 g/mol. The van der Waals surface area contributed by atoms with Gasteiger partial charge in [0.1, 0.15) is 0 Å². The minimum Gasteiger partial charge on any atom is -0.414 e. The molecule has 0 saturated heterocycles. The third kappa shape index (κ3) is 6.93. The molecule has 5 heteroatoms. The molecule has 0 bridgehead atoms. The molecule has 1 N–H and O–H groups in total. The van der Waals surface area contributed by atoms with Gasteiger partial charge in [0.25, 0.3) is 0 Å². The van der Waals surface area contributed by atoms with Crippen LogP contribution < -0.4 is 0 Å². The van der Waals surface area contributed by atoms with Crippen LogP contribution in [0.2, 0.25) is 36.3 Å². The molecule has 0 aliphatic heterocycles. The van der Waals surface area contributed by atoms with Gasteiger partial charge in [-0.3, -0.25) is 0 Å². The molecule has 3 nitrogen and oxygen atoms in total. The Morgan fingerprint density at radius 2 is 1.41 bits per heavy atom. The standard InChI is InChI=1S/C32H60O3Si2/c1-23(33)28-17-18-29-25(14-13-19-32(28,29)8)16-15-24-20-26(34-36(9,10)30(2,3)4)22-27(21-24)35-37(11,12)31(5,6)7/h15-16,23,26-29,33H,13-14,17-22H2,1-12H3/t23-,26+,27+,28+,29-,32+/m0/s1. The molecule has 214 valence electrons. The molecule has 3 aliphatic carbocycles. The third-order valence-electron chi connectivity index (χ3n) is 11.2. The van der Waals surface area contributed by atoms with Crippen molar-refractivity contribution < 1.29 is 14.0 Å². The first-order valence-electron chi connectivity index (χ1n) is 15.2. The molecule has 0 amide bonds. The lowest BCUT2D eigenvalue weighted by atomic mass is 9.62. The van der Waals surface area contributed by atoms with Crippen LogP contribution in [0.3, 0.4) is 0 Å². The topological polar surface area (TPSA) is 38.7 Å². The van der Waals surface area contributed by atoms with Gasteiger partial charge in [-0.2, -0.15) is 0 Å². The van der Waals surface area contributed by atoms with E-state index in [-0.39, 0.29) is 33.8 Å². The fourth-order valence-corrected chi connectivity index (χ4v) is 9.66. The number of aliphatic hydroxyl groups excluding tert-OH is 1. The molecule has 3 rings (SSSR count). The Bertz CT molecular complexity index is 820. The number of allylic oxidation sites excluding steroid dienone is 3. The molecule has 0 unspecified atom stereocenters. The number of hydrogen-bond donors (Lipinski definition) is 1. The van der Waals surface area contributed by atoms with E-state index in [1.807, 2.05) is 6.92 Å². The molecule has 3 saturated carbocycles. The maximum atomic E-state index is 10.5. The molecule has 0 aromatic rings. The Kier molecular flexibility index (Phi) is 9.30. The lowest BCUT2D eigenvalue weighted by Gasteiger charge is -2.45. The van der Waals surface area contributed by atoms with Crippen LogP contribution in [-0.2, 0) is 8.85 Å². The Labute approximate surface area is 232 Å². The summed E-state index contributed by atoms with van der Waals surface area (Å²) >= 11 is 0. The molecule has 6 atom stereocenters. The predicted molar refractivity (Wildman–Crippen MR) is 164 cm³/mol. The van der Waals surface area contributed by atoms with Crippen molar-refractivity contribution in [3.63, 3.8) is 0 Å². The van der Waals surface area contributed by atoms with Gasteiger partial charge < -0.3 is 14.0 Å². The van der Waals surface area contributed by atoms with Crippen molar-refractivity contribution in [2.75, 3.05) is 0 Å². The zero-order valence-electron chi connectivity index (χ0n) is 26.5. The second-order valence-corrected chi connectivity index (χ2v) is 25.6. The summed E-state index contributed by atoms with van der Waals surface area (Å²) in [6.45, 7) is 28.1. The Hall–Kier alpha value is -0.206. The van der Waals surface area contributed by atoms with Crippen LogP contribution in [0.1, 0.15) is 107 Å². The number of rotatable bonds is 6. The second kappa shape index (κ2) is 11.0. The van der Waals surface area contributed by atoms with Gasteiger partial charge in [-0.15, -0.1) is 0 Å². The minimum absolute atomic E-state index is 0.201. The van der Waals surface area contributed by atoms with Crippen LogP contribution in [0.15, 0.2) is 23.3 Å². The summed E-state index contributed by atoms with van der Waals surface area (Å²) < 4.78 is 14.0. The van der Waals surface area contributed by atoms with E-state index in [0.29, 0.717) is 11.8 Å². The molecule has 0 aromatic heterocycles. The zero-order chi connectivity index (χ0) is 28.0. The first-order chi connectivity index (χ1) is 16.8. The van der Waals surface area contributed by atoms with Gasteiger partial charge in [0.2, 0.25) is 0 Å². The van der Waals surface area contributed by atoms with Crippen molar-refractivity contribution in [2.45, 2.75) is 161 Å². The van der Waals surface area contributed by atoms with Crippen LogP contribution in [0, 0.1) is 17.3 Å². The molecule has 0 aromatic carbocycles. The highest BCUT2D eigenvalue weighted by atomic mass is 28.4. The summed E-state index contributed by atoms with van der Waals surface area (Å²) in [6, 6.07) is 0. The van der Waals surface area contributed by atoms with E-state index in [0.717, 1.165) is 25.7 Å². The van der Waals surface area contributed by atoms with Crippen molar-refractivity contribution in [1.82, 2.24) is 0 Å². The normalized spacial score (nSPS) is 34.0. The maximum Gasteiger partial charge on any atom is 0.192 e. The summed E-state index contributed by atoms with van der Waals surface area (Å²) in [6.07, 6.45) is 14.4. The van der Waals surface area contributed by atoms with E-state index in [4.69, 9.17) is 8.85 Å². The maximum absolute atomic E-state index is 10.5. The van der Waals surface area contributed by atoms with Crippen LogP contribution in [0.4, 0.5) is 0 Å². The van der Waals surface area contributed by atoms with E-state index in [9.17, 15) is 5.11 Å². The number of hydrogen-bond acceptors (Lipinski definition) is 3. The van der Waals surface area contributed by atoms with Gasteiger partial charge in [0.15, 0.2) is 16.6 Å². The fourth-order valence-electron chi connectivity index (χ4n) is 6.93. The molecule has 0 heterocycles. The van der Waals surface area contributed by atoms with Crippen LogP contribution in [-0.4, -0.2) is 40.1 Å². The lowest BCUT2D eigenvalue weighted by molar-refractivity contribution is 0.0302. The highest BCUT2D eigenvalue weighted by molar-refractivity contribution is 6.74. The van der Waals surface area contributed by atoms with Crippen molar-refractivity contribution in [1.29, 1.82) is 0 Å². The van der Waals surface area contributed by atoms with E-state index in [2.05, 4.69) is 86.8 Å². The van der Waals surface area contributed by atoms with Crippen LogP contribution in [0.5, 0.6) is 0 Å². The van der Waals surface area contributed by atoms with Gasteiger partial charge in [0.05, 0.1) is 18.3 Å². The summed E-state index contributed by atoms with van der Waals surface area (Å²) in [5.74, 6) is 1.06. The Morgan fingerprint density at radius 3 is 1.86 bits per heavy atom. The minimum atomic E-state index is -1.86. The summed E-state index contributed by atoms with van der Waals surface area (Å²) in [7, 11) is -3.72. The summed E-state index contributed by atoms with van der Waals surface area (Å²) in [5, 5.41) is 10.9. The molecule has 0 spiro atoms. The quantitative estimate of drug-likeness (QED) is 0.336. The molecule has 3 fully saturated rings. The SMILES string of the molecule is C[C@H](O)[C@H]1CC[C@H]2C(=CC=C3C[C@@H](O[Si](C)(C)C(C)(C)C)C[C@H](O[Si](C)(C)C(C)(C)C)C3)CCC[C@]12C. The van der Waals surface area contributed by atoms with Crippen molar-refractivity contribution in [2.24, 2.45) is 17.3 Å². The monoisotopic (exact) mass is 548 g/mol. The van der Waals surface area contributed by atoms with Crippen molar-refractivity contribution in [3.8, 4) is 0 Å². The van der Waals surface area contributed by atoms with Crippen LogP contribution in [0.25, 0.3) is 0 Å². The Balaban J connectivity index is 1.86. The average Bonchev–Trinajstić information content (AvgIpc) is 3.07. The van der Waals surface area contributed by atoms with Crippen molar-refractivity contribution >= 4 is 16.6 Å². The predicted octanol–water partition coefficient (Wildman–Crippen LogP) is 9.40. The second-order valence-electron chi connectivity index (χ2n) is 16.0. The number of fused-ring (bicyclic) bond motifs is 1. The van der Waals surface area contributed by atoms with Gasteiger partial charge in [-0.1, -0.05) is 71.8 Å². The number of aliphatic hydroxyl groups is 1. The fraction of sp³-hybridized carbons (Fsp3) is 0.875. The molecule has 3 aliphatic rings. The first kappa shape index (κ1) is 31.3.